The number of anilines is 1. The Labute approximate surface area is 238 Å². The predicted octanol–water partition coefficient (Wildman–Crippen LogP) is 5.27. The number of carbonyl (C=O) groups excluding carboxylic acids is 2. The van der Waals surface area contributed by atoms with E-state index < -0.39 is 33.6 Å². The number of aromatic nitrogens is 2. The van der Waals surface area contributed by atoms with Crippen molar-refractivity contribution in [3.8, 4) is 11.5 Å². The summed E-state index contributed by atoms with van der Waals surface area (Å²) in [5.74, 6) is 0.995. The summed E-state index contributed by atoms with van der Waals surface area (Å²) in [6.45, 7) is 15.2. The first kappa shape index (κ1) is 31.1. The Kier molecular flexibility index (Phi) is 9.65. The Morgan fingerprint density at radius 1 is 1.12 bits per heavy atom. The molecule has 2 amide bonds. The summed E-state index contributed by atoms with van der Waals surface area (Å²) in [5, 5.41) is 14.7. The quantitative estimate of drug-likeness (QED) is 0.287. The molecule has 0 aliphatic heterocycles. The summed E-state index contributed by atoms with van der Waals surface area (Å²) in [5.41, 5.74) is -0.851. The van der Waals surface area contributed by atoms with Crippen molar-refractivity contribution in [2.75, 3.05) is 18.2 Å². The van der Waals surface area contributed by atoms with E-state index in [0.29, 0.717) is 34.3 Å². The van der Waals surface area contributed by atoms with E-state index in [0.717, 1.165) is 32.1 Å². The van der Waals surface area contributed by atoms with Gasteiger partial charge in [-0.25, -0.2) is 4.79 Å². The number of nitrogens with zero attached hydrogens (tertiary/aromatic N) is 3. The fourth-order valence-corrected chi connectivity index (χ4v) is 5.60. The third kappa shape index (κ3) is 8.30. The SMILES string of the molecule is C=C(NC1(c2nnc(-c3ccc(S(=O)CN(C)C(=O)OC(C)(C)C)c(NC=O)c3)o2)CCCCC1)OC(C)(C)C. The van der Waals surface area contributed by atoms with Crippen molar-refractivity contribution in [2.24, 2.45) is 0 Å². The highest BCUT2D eigenvalue weighted by atomic mass is 32.2. The van der Waals surface area contributed by atoms with Crippen LogP contribution in [0.2, 0.25) is 0 Å². The first-order valence-corrected chi connectivity index (χ1v) is 14.6. The molecule has 220 valence electrons. The van der Waals surface area contributed by atoms with Crippen molar-refractivity contribution >= 4 is 29.0 Å². The zero-order chi connectivity index (χ0) is 29.7. The molecule has 1 unspecified atom stereocenters. The summed E-state index contributed by atoms with van der Waals surface area (Å²) in [6.07, 6.45) is 4.54. The number of ether oxygens (including phenoxy) is 2. The molecule has 2 N–H and O–H groups in total. The normalized spacial score (nSPS) is 16.0. The number of benzene rings is 1. The molecule has 11 nitrogen and oxygen atoms in total. The average molecular weight is 576 g/mol. The average Bonchev–Trinajstić information content (AvgIpc) is 3.33. The molecule has 1 aromatic carbocycles. The second kappa shape index (κ2) is 12.4. The lowest BCUT2D eigenvalue weighted by Gasteiger charge is -2.37. The molecule has 1 fully saturated rings. The maximum absolute atomic E-state index is 13.1. The fraction of sp³-hybridized carbons (Fsp3) is 0.571. The molecule has 1 atom stereocenters. The van der Waals surface area contributed by atoms with Crippen LogP contribution in [0.1, 0.15) is 79.5 Å². The Bertz CT molecular complexity index is 1240. The van der Waals surface area contributed by atoms with E-state index in [9.17, 15) is 13.8 Å². The van der Waals surface area contributed by atoms with Crippen LogP contribution in [-0.4, -0.2) is 55.9 Å². The number of hydrogen-bond donors (Lipinski definition) is 2. The van der Waals surface area contributed by atoms with Gasteiger partial charge in [-0.3, -0.25) is 13.9 Å². The van der Waals surface area contributed by atoms with E-state index in [1.54, 1.807) is 39.0 Å². The molecule has 1 heterocycles. The summed E-state index contributed by atoms with van der Waals surface area (Å²) in [7, 11) is -0.154. The van der Waals surface area contributed by atoms with Crippen molar-refractivity contribution in [3.63, 3.8) is 0 Å². The first-order valence-electron chi connectivity index (χ1n) is 13.3. The Hall–Kier alpha value is -3.41. The highest BCUT2D eigenvalue weighted by Crippen LogP contribution is 2.39. The largest absolute Gasteiger partial charge is 0.474 e. The molecule has 1 saturated carbocycles. The smallest absolute Gasteiger partial charge is 0.410 e. The Morgan fingerprint density at radius 2 is 1.77 bits per heavy atom. The van der Waals surface area contributed by atoms with Crippen molar-refractivity contribution in [1.29, 1.82) is 0 Å². The zero-order valence-corrected chi connectivity index (χ0v) is 25.3. The van der Waals surface area contributed by atoms with Gasteiger partial charge in [0.25, 0.3) is 0 Å². The van der Waals surface area contributed by atoms with Gasteiger partial charge in [0, 0.05) is 12.6 Å². The molecule has 40 heavy (non-hydrogen) atoms. The minimum Gasteiger partial charge on any atom is -0.474 e. The highest BCUT2D eigenvalue weighted by Gasteiger charge is 2.40. The molecule has 0 spiro atoms. The van der Waals surface area contributed by atoms with E-state index in [2.05, 4.69) is 27.4 Å². The minimum atomic E-state index is -1.66. The third-order valence-corrected chi connectivity index (χ3v) is 7.52. The summed E-state index contributed by atoms with van der Waals surface area (Å²) < 4.78 is 30.6. The molecule has 0 saturated heterocycles. The van der Waals surface area contributed by atoms with Crippen LogP contribution in [-0.2, 0) is 30.6 Å². The van der Waals surface area contributed by atoms with E-state index >= 15 is 0 Å². The van der Waals surface area contributed by atoms with Gasteiger partial charge in [-0.2, -0.15) is 0 Å². The first-order chi connectivity index (χ1) is 18.6. The molecule has 0 radical (unpaired) electrons. The van der Waals surface area contributed by atoms with Crippen LogP contribution in [0.25, 0.3) is 11.5 Å². The second-order valence-electron chi connectivity index (χ2n) is 11.9. The summed E-state index contributed by atoms with van der Waals surface area (Å²) in [4.78, 5) is 25.3. The van der Waals surface area contributed by atoms with Crippen LogP contribution >= 0.6 is 0 Å². The van der Waals surface area contributed by atoms with Gasteiger partial charge in [0.1, 0.15) is 22.6 Å². The van der Waals surface area contributed by atoms with Crippen LogP contribution in [0.4, 0.5) is 10.5 Å². The minimum absolute atomic E-state index is 0.124. The fourth-order valence-electron chi connectivity index (χ4n) is 4.42. The number of carbonyl (C=O) groups is 2. The van der Waals surface area contributed by atoms with Crippen LogP contribution in [0, 0.1) is 0 Å². The molecular formula is C28H41N5O6S. The standard InChI is InChI=1S/C28H41N5O6S/c1-19(38-26(2,3)4)30-28(14-10-9-11-15-28)24-32-31-23(37-24)20-12-13-22(21(16-20)29-17-34)40(36)18-33(8)25(35)39-27(5,6)7/h12-13,16-17,30H,1,9-11,14-15,18H2,2-8H3,(H,29,34). The van der Waals surface area contributed by atoms with Gasteiger partial charge in [0.05, 0.1) is 21.4 Å². The van der Waals surface area contributed by atoms with E-state index in [-0.39, 0.29) is 11.8 Å². The van der Waals surface area contributed by atoms with Crippen LogP contribution in [0.3, 0.4) is 0 Å². The van der Waals surface area contributed by atoms with Crippen LogP contribution in [0.5, 0.6) is 0 Å². The van der Waals surface area contributed by atoms with Crippen LogP contribution < -0.4 is 10.6 Å². The van der Waals surface area contributed by atoms with Gasteiger partial charge < -0.3 is 24.5 Å². The number of hydrogen-bond acceptors (Lipinski definition) is 9. The lowest BCUT2D eigenvalue weighted by atomic mass is 9.81. The number of amides is 2. The monoisotopic (exact) mass is 575 g/mol. The molecule has 1 aromatic heterocycles. The molecule has 2 aromatic rings. The number of rotatable bonds is 10. The molecular weight excluding hydrogens is 534 g/mol. The maximum Gasteiger partial charge on any atom is 0.410 e. The van der Waals surface area contributed by atoms with Crippen molar-refractivity contribution in [3.05, 3.63) is 36.6 Å². The zero-order valence-electron chi connectivity index (χ0n) is 24.5. The van der Waals surface area contributed by atoms with E-state index in [1.807, 2.05) is 20.8 Å². The maximum atomic E-state index is 13.1. The number of nitrogens with one attached hydrogen (secondary N) is 2. The molecule has 1 aliphatic carbocycles. The van der Waals surface area contributed by atoms with E-state index in [1.165, 1.54) is 11.9 Å². The summed E-state index contributed by atoms with van der Waals surface area (Å²) in [6, 6.07) is 4.92. The predicted molar refractivity (Wildman–Crippen MR) is 153 cm³/mol. The van der Waals surface area contributed by atoms with Crippen molar-refractivity contribution in [1.82, 2.24) is 20.4 Å². The highest BCUT2D eigenvalue weighted by molar-refractivity contribution is 7.85. The van der Waals surface area contributed by atoms with Crippen LogP contribution in [0.15, 0.2) is 40.0 Å². The van der Waals surface area contributed by atoms with Crippen molar-refractivity contribution in [2.45, 2.75) is 95.3 Å². The van der Waals surface area contributed by atoms with Gasteiger partial charge in [-0.15, -0.1) is 10.2 Å². The van der Waals surface area contributed by atoms with Gasteiger partial charge >= 0.3 is 6.09 Å². The lowest BCUT2D eigenvalue weighted by molar-refractivity contribution is -0.105. The molecule has 0 bridgehead atoms. The topological polar surface area (TPSA) is 136 Å². The van der Waals surface area contributed by atoms with Gasteiger partial charge in [-0.05, 0) is 79.2 Å². The lowest BCUT2D eigenvalue weighted by Crippen LogP contribution is -2.45. The molecule has 12 heteroatoms. The molecule has 1 aliphatic rings. The Morgan fingerprint density at radius 3 is 2.38 bits per heavy atom. The van der Waals surface area contributed by atoms with E-state index in [4.69, 9.17) is 13.9 Å². The van der Waals surface area contributed by atoms with Crippen molar-refractivity contribution < 1.29 is 27.7 Å². The second-order valence-corrected chi connectivity index (χ2v) is 13.3. The summed E-state index contributed by atoms with van der Waals surface area (Å²) >= 11 is 0. The molecule has 3 rings (SSSR count). The van der Waals surface area contributed by atoms with Gasteiger partial charge in [0.2, 0.25) is 18.2 Å². The van der Waals surface area contributed by atoms with Gasteiger partial charge in [-0.1, -0.05) is 19.3 Å². The Balaban J connectivity index is 1.85. The van der Waals surface area contributed by atoms with Gasteiger partial charge in [0.15, 0.2) is 5.88 Å². The third-order valence-electron chi connectivity index (χ3n) is 6.05.